The SMILES string of the molecule is COc1ccc(CN2CCCCC[C@@H]2c2cccs2)c(OC)c1. The fraction of sp³-hybridized carbons (Fsp3) is 0.474. The first-order valence-electron chi connectivity index (χ1n) is 8.30. The van der Waals surface area contributed by atoms with E-state index in [1.165, 1.54) is 36.1 Å². The van der Waals surface area contributed by atoms with Crippen LogP contribution >= 0.6 is 11.3 Å². The second-order valence-electron chi connectivity index (χ2n) is 6.03. The van der Waals surface area contributed by atoms with Gasteiger partial charge in [0.2, 0.25) is 0 Å². The second-order valence-corrected chi connectivity index (χ2v) is 7.01. The Bertz CT molecular complexity index is 612. The molecule has 23 heavy (non-hydrogen) atoms. The average Bonchev–Trinajstić information content (AvgIpc) is 3.02. The molecule has 3 rings (SSSR count). The van der Waals surface area contributed by atoms with Crippen molar-refractivity contribution in [2.75, 3.05) is 20.8 Å². The van der Waals surface area contributed by atoms with Crippen LogP contribution in [0.3, 0.4) is 0 Å². The molecule has 0 aliphatic carbocycles. The largest absolute Gasteiger partial charge is 0.497 e. The summed E-state index contributed by atoms with van der Waals surface area (Å²) in [5.74, 6) is 1.76. The van der Waals surface area contributed by atoms with E-state index in [1.807, 2.05) is 23.5 Å². The van der Waals surface area contributed by atoms with E-state index in [4.69, 9.17) is 9.47 Å². The molecule has 0 N–H and O–H groups in total. The van der Waals surface area contributed by atoms with Gasteiger partial charge in [-0.3, -0.25) is 4.90 Å². The minimum atomic E-state index is 0.532. The molecule has 0 spiro atoms. The fourth-order valence-electron chi connectivity index (χ4n) is 3.36. The van der Waals surface area contributed by atoms with Gasteiger partial charge in [-0.15, -0.1) is 11.3 Å². The maximum absolute atomic E-state index is 5.58. The highest BCUT2D eigenvalue weighted by Gasteiger charge is 2.24. The lowest BCUT2D eigenvalue weighted by Gasteiger charge is -2.30. The molecule has 3 nitrogen and oxygen atoms in total. The number of rotatable bonds is 5. The molecule has 2 aromatic rings. The Kier molecular flexibility index (Phi) is 5.57. The van der Waals surface area contributed by atoms with Crippen molar-refractivity contribution in [2.24, 2.45) is 0 Å². The van der Waals surface area contributed by atoms with Crippen molar-refractivity contribution in [3.8, 4) is 11.5 Å². The first-order chi connectivity index (χ1) is 11.3. The van der Waals surface area contributed by atoms with Gasteiger partial charge < -0.3 is 9.47 Å². The molecule has 0 unspecified atom stereocenters. The number of likely N-dealkylation sites (tertiary alicyclic amines) is 1. The van der Waals surface area contributed by atoms with Crippen LogP contribution in [0, 0.1) is 0 Å². The van der Waals surface area contributed by atoms with E-state index >= 15 is 0 Å². The van der Waals surface area contributed by atoms with Gasteiger partial charge in [0.15, 0.2) is 0 Å². The van der Waals surface area contributed by atoms with Crippen molar-refractivity contribution in [1.29, 1.82) is 0 Å². The van der Waals surface area contributed by atoms with Crippen LogP contribution in [-0.4, -0.2) is 25.7 Å². The maximum atomic E-state index is 5.58. The van der Waals surface area contributed by atoms with Crippen molar-refractivity contribution in [2.45, 2.75) is 38.3 Å². The third kappa shape index (κ3) is 3.88. The number of ether oxygens (including phenoxy) is 2. The van der Waals surface area contributed by atoms with Crippen molar-refractivity contribution in [1.82, 2.24) is 4.90 Å². The van der Waals surface area contributed by atoms with Crippen LogP contribution in [0.25, 0.3) is 0 Å². The third-order valence-electron chi connectivity index (χ3n) is 4.60. The molecule has 0 amide bonds. The predicted molar refractivity (Wildman–Crippen MR) is 95.5 cm³/mol. The van der Waals surface area contributed by atoms with Gasteiger partial charge in [0.1, 0.15) is 11.5 Å². The summed E-state index contributed by atoms with van der Waals surface area (Å²) in [6, 6.07) is 11.1. The van der Waals surface area contributed by atoms with Gasteiger partial charge in [0.25, 0.3) is 0 Å². The summed E-state index contributed by atoms with van der Waals surface area (Å²) < 4.78 is 10.9. The van der Waals surface area contributed by atoms with Crippen LogP contribution in [0.4, 0.5) is 0 Å². The highest BCUT2D eigenvalue weighted by atomic mass is 32.1. The Morgan fingerprint density at radius 3 is 2.78 bits per heavy atom. The summed E-state index contributed by atoms with van der Waals surface area (Å²) in [5.41, 5.74) is 1.23. The first-order valence-corrected chi connectivity index (χ1v) is 9.18. The van der Waals surface area contributed by atoms with Crippen LogP contribution < -0.4 is 9.47 Å². The number of thiophene rings is 1. The zero-order valence-electron chi connectivity index (χ0n) is 14.0. The van der Waals surface area contributed by atoms with E-state index in [9.17, 15) is 0 Å². The van der Waals surface area contributed by atoms with E-state index < -0.39 is 0 Å². The molecule has 1 aromatic carbocycles. The van der Waals surface area contributed by atoms with Gasteiger partial charge in [-0.05, 0) is 36.9 Å². The van der Waals surface area contributed by atoms with Crippen molar-refractivity contribution >= 4 is 11.3 Å². The molecule has 1 aliphatic heterocycles. The normalized spacial score (nSPS) is 19.3. The number of hydrogen-bond acceptors (Lipinski definition) is 4. The lowest BCUT2D eigenvalue weighted by atomic mass is 10.1. The number of benzene rings is 1. The zero-order chi connectivity index (χ0) is 16.1. The van der Waals surface area contributed by atoms with E-state index in [2.05, 4.69) is 28.5 Å². The van der Waals surface area contributed by atoms with E-state index in [0.29, 0.717) is 6.04 Å². The monoisotopic (exact) mass is 331 g/mol. The predicted octanol–water partition coefficient (Wildman–Crippen LogP) is 4.88. The summed E-state index contributed by atoms with van der Waals surface area (Å²) in [6.07, 6.45) is 5.18. The number of hydrogen-bond donors (Lipinski definition) is 0. The Hall–Kier alpha value is -1.52. The van der Waals surface area contributed by atoms with Crippen molar-refractivity contribution < 1.29 is 9.47 Å². The summed E-state index contributed by atoms with van der Waals surface area (Å²) in [7, 11) is 3.42. The van der Waals surface area contributed by atoms with Gasteiger partial charge >= 0.3 is 0 Å². The third-order valence-corrected chi connectivity index (χ3v) is 5.58. The average molecular weight is 331 g/mol. The molecular weight excluding hydrogens is 306 g/mol. The fourth-order valence-corrected chi connectivity index (χ4v) is 4.26. The lowest BCUT2D eigenvalue weighted by molar-refractivity contribution is 0.193. The Morgan fingerprint density at radius 1 is 1.13 bits per heavy atom. The molecule has 0 saturated carbocycles. The molecule has 1 aliphatic rings. The van der Waals surface area contributed by atoms with Crippen molar-refractivity contribution in [3.63, 3.8) is 0 Å². The van der Waals surface area contributed by atoms with Gasteiger partial charge in [-0.25, -0.2) is 0 Å². The second kappa shape index (κ2) is 7.84. The van der Waals surface area contributed by atoms with E-state index in [0.717, 1.165) is 24.6 Å². The summed E-state index contributed by atoms with van der Waals surface area (Å²) in [5, 5.41) is 2.19. The highest BCUT2D eigenvalue weighted by Crippen LogP contribution is 2.35. The Morgan fingerprint density at radius 2 is 2.04 bits per heavy atom. The molecule has 1 fully saturated rings. The van der Waals surface area contributed by atoms with Crippen molar-refractivity contribution in [3.05, 3.63) is 46.2 Å². The van der Waals surface area contributed by atoms with Crippen LogP contribution in [0.5, 0.6) is 11.5 Å². The molecule has 4 heteroatoms. The zero-order valence-corrected chi connectivity index (χ0v) is 14.8. The minimum Gasteiger partial charge on any atom is -0.497 e. The van der Waals surface area contributed by atoms with Gasteiger partial charge in [-0.1, -0.05) is 25.0 Å². The Labute approximate surface area is 142 Å². The van der Waals surface area contributed by atoms with Gasteiger partial charge in [0.05, 0.1) is 14.2 Å². The number of nitrogens with zero attached hydrogens (tertiary/aromatic N) is 1. The van der Waals surface area contributed by atoms with Gasteiger partial charge in [-0.2, -0.15) is 0 Å². The lowest BCUT2D eigenvalue weighted by Crippen LogP contribution is -2.27. The molecule has 1 atom stereocenters. The van der Waals surface area contributed by atoms with Crippen LogP contribution in [0.1, 0.15) is 42.2 Å². The van der Waals surface area contributed by atoms with Crippen LogP contribution in [0.2, 0.25) is 0 Å². The number of methoxy groups -OCH3 is 2. The molecule has 2 heterocycles. The smallest absolute Gasteiger partial charge is 0.127 e. The van der Waals surface area contributed by atoms with Gasteiger partial charge in [0, 0.05) is 29.1 Å². The van der Waals surface area contributed by atoms with E-state index in [-0.39, 0.29) is 0 Å². The molecule has 1 saturated heterocycles. The minimum absolute atomic E-state index is 0.532. The molecule has 0 bridgehead atoms. The van der Waals surface area contributed by atoms with E-state index in [1.54, 1.807) is 14.2 Å². The molecular formula is C19H25NO2S. The molecule has 1 aromatic heterocycles. The topological polar surface area (TPSA) is 21.7 Å². The van der Waals surface area contributed by atoms with Crippen LogP contribution in [0.15, 0.2) is 35.7 Å². The summed E-state index contributed by atoms with van der Waals surface area (Å²) in [4.78, 5) is 4.10. The molecule has 0 radical (unpaired) electrons. The standard InChI is InChI=1S/C19H25NO2S/c1-21-16-10-9-15(18(13-16)22-2)14-20-11-5-3-4-7-17(20)19-8-6-12-23-19/h6,8-10,12-13,17H,3-5,7,11,14H2,1-2H3/t17-/m1/s1. The van der Waals surface area contributed by atoms with Crippen LogP contribution in [-0.2, 0) is 6.54 Å². The molecule has 124 valence electrons. The highest BCUT2D eigenvalue weighted by molar-refractivity contribution is 7.10. The Balaban J connectivity index is 1.83. The summed E-state index contributed by atoms with van der Waals surface area (Å²) in [6.45, 7) is 2.08. The first kappa shape index (κ1) is 16.3. The summed E-state index contributed by atoms with van der Waals surface area (Å²) >= 11 is 1.88. The quantitative estimate of drug-likeness (QED) is 0.779. The maximum Gasteiger partial charge on any atom is 0.127 e.